The molecular formula is C27H34N4. The smallest absolute Gasteiger partial charge is 0.129 e. The molecule has 0 saturated carbocycles. The zero-order valence-corrected chi connectivity index (χ0v) is 18.5. The minimum absolute atomic E-state index is 0.815. The van der Waals surface area contributed by atoms with Gasteiger partial charge in [0, 0.05) is 51.2 Å². The number of nitrogens with zero attached hydrogens (tertiary/aromatic N) is 4. The molecule has 2 fully saturated rings. The largest absolute Gasteiger partial charge is 0.354 e. The van der Waals surface area contributed by atoms with Gasteiger partial charge in [-0.3, -0.25) is 4.90 Å². The van der Waals surface area contributed by atoms with Crippen LogP contribution in [0.5, 0.6) is 0 Å². The van der Waals surface area contributed by atoms with Gasteiger partial charge in [-0.1, -0.05) is 48.5 Å². The molecule has 3 aromatic rings. The van der Waals surface area contributed by atoms with Crippen LogP contribution in [0.2, 0.25) is 0 Å². The number of hydrogen-bond acceptors (Lipinski definition) is 4. The highest BCUT2D eigenvalue weighted by atomic mass is 15.3. The number of rotatable bonds is 6. The molecule has 2 saturated heterocycles. The van der Waals surface area contributed by atoms with Gasteiger partial charge in [-0.05, 0) is 55.5 Å². The van der Waals surface area contributed by atoms with E-state index in [0.717, 1.165) is 43.4 Å². The average molecular weight is 415 g/mol. The van der Waals surface area contributed by atoms with Gasteiger partial charge in [0.05, 0.1) is 5.52 Å². The molecule has 2 aromatic carbocycles. The zero-order chi connectivity index (χ0) is 20.9. The molecule has 5 rings (SSSR count). The predicted molar refractivity (Wildman–Crippen MR) is 130 cm³/mol. The number of pyridine rings is 1. The van der Waals surface area contributed by atoms with Gasteiger partial charge in [0.25, 0.3) is 0 Å². The van der Waals surface area contributed by atoms with Gasteiger partial charge in [-0.15, -0.1) is 0 Å². The van der Waals surface area contributed by atoms with E-state index in [1.165, 1.54) is 56.4 Å². The van der Waals surface area contributed by atoms with Gasteiger partial charge in [0.2, 0.25) is 0 Å². The van der Waals surface area contributed by atoms with Crippen molar-refractivity contribution in [2.45, 2.75) is 19.3 Å². The first kappa shape index (κ1) is 20.5. The van der Waals surface area contributed by atoms with E-state index >= 15 is 0 Å². The van der Waals surface area contributed by atoms with Crippen LogP contribution in [0.15, 0.2) is 66.7 Å². The third-order valence-electron chi connectivity index (χ3n) is 6.96. The van der Waals surface area contributed by atoms with Crippen molar-refractivity contribution in [3.8, 4) is 0 Å². The minimum atomic E-state index is 0.815. The molecule has 1 atom stereocenters. The van der Waals surface area contributed by atoms with Gasteiger partial charge in [-0.2, -0.15) is 0 Å². The van der Waals surface area contributed by atoms with E-state index in [0.29, 0.717) is 0 Å². The molecule has 0 spiro atoms. The molecule has 0 radical (unpaired) electrons. The Hall–Kier alpha value is -2.43. The molecule has 162 valence electrons. The molecule has 0 aliphatic carbocycles. The quantitative estimate of drug-likeness (QED) is 0.599. The molecule has 1 aromatic heterocycles. The van der Waals surface area contributed by atoms with Crippen molar-refractivity contribution in [1.82, 2.24) is 14.8 Å². The molecule has 4 heteroatoms. The Labute approximate surface area is 186 Å². The maximum atomic E-state index is 4.90. The lowest BCUT2D eigenvalue weighted by molar-refractivity contribution is 0.130. The summed E-state index contributed by atoms with van der Waals surface area (Å²) in [5.41, 5.74) is 2.56. The van der Waals surface area contributed by atoms with E-state index in [1.54, 1.807) is 0 Å². The second-order valence-corrected chi connectivity index (χ2v) is 9.19. The summed E-state index contributed by atoms with van der Waals surface area (Å²) in [6.07, 6.45) is 3.90. The van der Waals surface area contributed by atoms with E-state index in [2.05, 4.69) is 81.4 Å². The van der Waals surface area contributed by atoms with Crippen LogP contribution >= 0.6 is 0 Å². The van der Waals surface area contributed by atoms with E-state index in [9.17, 15) is 0 Å². The topological polar surface area (TPSA) is 22.6 Å². The number of likely N-dealkylation sites (tertiary alicyclic amines) is 1. The standard InChI is InChI=1S/C27H34N4/c1-2-7-23(8-3-1)14-16-29-15-6-9-24(21-29)22-30-17-19-31(20-18-30)27-13-12-25-10-4-5-11-26(25)28-27/h1-5,7-8,10-13,24H,6,9,14-22H2/t24-/m1/s1. The van der Waals surface area contributed by atoms with Gasteiger partial charge in [0.1, 0.15) is 5.82 Å². The normalized spacial score (nSPS) is 20.9. The summed E-state index contributed by atoms with van der Waals surface area (Å²) >= 11 is 0. The summed E-state index contributed by atoms with van der Waals surface area (Å²) in [5.74, 6) is 1.94. The first-order chi connectivity index (χ1) is 15.3. The van der Waals surface area contributed by atoms with Crippen LogP contribution in [0, 0.1) is 5.92 Å². The Morgan fingerprint density at radius 3 is 2.45 bits per heavy atom. The first-order valence-corrected chi connectivity index (χ1v) is 11.9. The van der Waals surface area contributed by atoms with Crippen LogP contribution in [0.3, 0.4) is 0 Å². The van der Waals surface area contributed by atoms with Crippen LogP contribution in [0.4, 0.5) is 5.82 Å². The van der Waals surface area contributed by atoms with Crippen molar-refractivity contribution in [1.29, 1.82) is 0 Å². The number of anilines is 1. The third kappa shape index (κ3) is 5.25. The number of piperidine rings is 1. The number of benzene rings is 2. The molecule has 0 unspecified atom stereocenters. The minimum Gasteiger partial charge on any atom is -0.354 e. The number of piperazine rings is 1. The molecule has 0 bridgehead atoms. The number of aromatic nitrogens is 1. The molecule has 0 amide bonds. The lowest BCUT2D eigenvalue weighted by atomic mass is 9.96. The van der Waals surface area contributed by atoms with Crippen molar-refractivity contribution < 1.29 is 0 Å². The highest BCUT2D eigenvalue weighted by molar-refractivity contribution is 5.80. The summed E-state index contributed by atoms with van der Waals surface area (Å²) in [7, 11) is 0. The fraction of sp³-hybridized carbons (Fsp3) is 0.444. The maximum Gasteiger partial charge on any atom is 0.129 e. The molecule has 2 aliphatic rings. The Balaban J connectivity index is 1.10. The van der Waals surface area contributed by atoms with Crippen molar-refractivity contribution >= 4 is 16.7 Å². The zero-order valence-electron chi connectivity index (χ0n) is 18.5. The second kappa shape index (κ2) is 9.80. The SMILES string of the molecule is c1ccc(CCN2CCC[C@@H](CN3CCN(c4ccc5ccccc5n4)CC3)C2)cc1. The van der Waals surface area contributed by atoms with Crippen molar-refractivity contribution in [2.24, 2.45) is 5.92 Å². The van der Waals surface area contributed by atoms with Crippen LogP contribution in [0.25, 0.3) is 10.9 Å². The predicted octanol–water partition coefficient (Wildman–Crippen LogP) is 4.31. The van der Waals surface area contributed by atoms with E-state index in [-0.39, 0.29) is 0 Å². The highest BCUT2D eigenvalue weighted by Crippen LogP contribution is 2.22. The monoisotopic (exact) mass is 414 g/mol. The van der Waals surface area contributed by atoms with E-state index in [1.807, 2.05) is 0 Å². The fourth-order valence-electron chi connectivity index (χ4n) is 5.19. The van der Waals surface area contributed by atoms with Gasteiger partial charge in [0.15, 0.2) is 0 Å². The first-order valence-electron chi connectivity index (χ1n) is 11.9. The lowest BCUT2D eigenvalue weighted by Gasteiger charge is -2.39. The van der Waals surface area contributed by atoms with Crippen molar-refractivity contribution in [3.63, 3.8) is 0 Å². The molecule has 0 N–H and O–H groups in total. The van der Waals surface area contributed by atoms with Crippen molar-refractivity contribution in [2.75, 3.05) is 57.3 Å². The van der Waals surface area contributed by atoms with E-state index < -0.39 is 0 Å². The molecular weight excluding hydrogens is 380 g/mol. The molecule has 4 nitrogen and oxygen atoms in total. The number of hydrogen-bond donors (Lipinski definition) is 0. The van der Waals surface area contributed by atoms with Crippen LogP contribution in [0.1, 0.15) is 18.4 Å². The molecule has 2 aliphatic heterocycles. The summed E-state index contributed by atoms with van der Waals surface area (Å²) in [5, 5.41) is 1.22. The molecule has 31 heavy (non-hydrogen) atoms. The number of para-hydroxylation sites is 1. The van der Waals surface area contributed by atoms with Gasteiger partial charge < -0.3 is 9.80 Å². The second-order valence-electron chi connectivity index (χ2n) is 9.19. The van der Waals surface area contributed by atoms with Gasteiger partial charge in [-0.25, -0.2) is 4.98 Å². The summed E-state index contributed by atoms with van der Waals surface area (Å²) < 4.78 is 0. The molecule has 3 heterocycles. The van der Waals surface area contributed by atoms with Crippen LogP contribution in [-0.4, -0.2) is 67.1 Å². The summed E-state index contributed by atoms with van der Waals surface area (Å²) in [6, 6.07) is 23.7. The van der Waals surface area contributed by atoms with E-state index in [4.69, 9.17) is 4.98 Å². The Morgan fingerprint density at radius 2 is 1.58 bits per heavy atom. The summed E-state index contributed by atoms with van der Waals surface area (Å²) in [4.78, 5) is 12.7. The lowest BCUT2D eigenvalue weighted by Crippen LogP contribution is -2.50. The fourth-order valence-corrected chi connectivity index (χ4v) is 5.19. The maximum absolute atomic E-state index is 4.90. The number of fused-ring (bicyclic) bond motifs is 1. The Kier molecular flexibility index (Phi) is 6.47. The van der Waals surface area contributed by atoms with Crippen molar-refractivity contribution in [3.05, 3.63) is 72.3 Å². The Morgan fingerprint density at radius 1 is 0.774 bits per heavy atom. The van der Waals surface area contributed by atoms with Crippen LogP contribution < -0.4 is 4.90 Å². The Bertz CT molecular complexity index is 965. The van der Waals surface area contributed by atoms with Crippen LogP contribution in [-0.2, 0) is 6.42 Å². The third-order valence-corrected chi connectivity index (χ3v) is 6.96. The average Bonchev–Trinajstić information content (AvgIpc) is 2.84. The van der Waals surface area contributed by atoms with Gasteiger partial charge >= 0.3 is 0 Å². The highest BCUT2D eigenvalue weighted by Gasteiger charge is 2.24. The summed E-state index contributed by atoms with van der Waals surface area (Å²) in [6.45, 7) is 9.43.